The SMILES string of the molecule is CCOC(=O)c1cnc(Cl)cc1N(C)C. The molecule has 82 valence electrons. The van der Waals surface area contributed by atoms with E-state index in [2.05, 4.69) is 4.98 Å². The summed E-state index contributed by atoms with van der Waals surface area (Å²) in [5, 5.41) is 0.353. The van der Waals surface area contributed by atoms with Crippen molar-refractivity contribution in [3.05, 3.63) is 23.0 Å². The second-order valence-corrected chi connectivity index (χ2v) is 3.53. The molecule has 5 heteroatoms. The maximum Gasteiger partial charge on any atom is 0.341 e. The molecule has 1 aromatic rings. The van der Waals surface area contributed by atoms with Gasteiger partial charge in [0, 0.05) is 20.3 Å². The van der Waals surface area contributed by atoms with Gasteiger partial charge in [-0.25, -0.2) is 9.78 Å². The number of ether oxygens (including phenoxy) is 1. The van der Waals surface area contributed by atoms with E-state index >= 15 is 0 Å². The molecule has 1 aromatic heterocycles. The molecule has 0 saturated heterocycles. The molecule has 0 aromatic carbocycles. The van der Waals surface area contributed by atoms with Crippen LogP contribution in [-0.2, 0) is 4.74 Å². The molecule has 0 fully saturated rings. The van der Waals surface area contributed by atoms with E-state index in [-0.39, 0.29) is 5.97 Å². The largest absolute Gasteiger partial charge is 0.462 e. The summed E-state index contributed by atoms with van der Waals surface area (Å²) in [6, 6.07) is 1.63. The zero-order valence-corrected chi connectivity index (χ0v) is 9.71. The van der Waals surface area contributed by atoms with Crippen molar-refractivity contribution in [2.75, 3.05) is 25.6 Å². The van der Waals surface area contributed by atoms with Crippen LogP contribution in [0.15, 0.2) is 12.3 Å². The Balaban J connectivity index is 3.11. The highest BCUT2D eigenvalue weighted by Gasteiger charge is 2.14. The molecule has 4 nitrogen and oxygen atoms in total. The Bertz CT molecular complexity index is 366. The number of hydrogen-bond acceptors (Lipinski definition) is 4. The zero-order chi connectivity index (χ0) is 11.4. The van der Waals surface area contributed by atoms with Crippen LogP contribution < -0.4 is 4.90 Å². The summed E-state index contributed by atoms with van der Waals surface area (Å²) in [4.78, 5) is 17.2. The molecule has 0 amide bonds. The number of anilines is 1. The van der Waals surface area contributed by atoms with Gasteiger partial charge in [-0.2, -0.15) is 0 Å². The van der Waals surface area contributed by atoms with Crippen molar-refractivity contribution in [3.63, 3.8) is 0 Å². The lowest BCUT2D eigenvalue weighted by Gasteiger charge is -2.16. The van der Waals surface area contributed by atoms with E-state index in [4.69, 9.17) is 16.3 Å². The molecule has 0 aliphatic carbocycles. The van der Waals surface area contributed by atoms with Crippen molar-refractivity contribution >= 4 is 23.3 Å². The van der Waals surface area contributed by atoms with Crippen LogP contribution in [0.3, 0.4) is 0 Å². The van der Waals surface area contributed by atoms with Gasteiger partial charge in [0.15, 0.2) is 0 Å². The van der Waals surface area contributed by atoms with E-state index in [0.29, 0.717) is 23.0 Å². The van der Waals surface area contributed by atoms with Gasteiger partial charge in [0.1, 0.15) is 10.7 Å². The fraction of sp³-hybridized carbons (Fsp3) is 0.400. The number of hydrogen-bond donors (Lipinski definition) is 0. The van der Waals surface area contributed by atoms with Gasteiger partial charge in [0.25, 0.3) is 0 Å². The molecule has 15 heavy (non-hydrogen) atoms. The molecule has 0 radical (unpaired) electrons. The van der Waals surface area contributed by atoms with Crippen molar-refractivity contribution in [1.29, 1.82) is 0 Å². The van der Waals surface area contributed by atoms with Crippen LogP contribution in [0.4, 0.5) is 5.69 Å². The van der Waals surface area contributed by atoms with Crippen LogP contribution in [0, 0.1) is 0 Å². The second kappa shape index (κ2) is 4.98. The summed E-state index contributed by atoms with van der Waals surface area (Å²) < 4.78 is 4.91. The highest BCUT2D eigenvalue weighted by molar-refractivity contribution is 6.29. The molecule has 0 bridgehead atoms. The molecule has 0 aliphatic rings. The Morgan fingerprint density at radius 2 is 2.27 bits per heavy atom. The van der Waals surface area contributed by atoms with Crippen molar-refractivity contribution in [1.82, 2.24) is 4.98 Å². The molecular weight excluding hydrogens is 216 g/mol. The fourth-order valence-electron chi connectivity index (χ4n) is 1.16. The van der Waals surface area contributed by atoms with E-state index in [0.717, 1.165) is 0 Å². The maximum atomic E-state index is 11.5. The van der Waals surface area contributed by atoms with Gasteiger partial charge in [-0.3, -0.25) is 0 Å². The van der Waals surface area contributed by atoms with Gasteiger partial charge in [-0.05, 0) is 13.0 Å². The quantitative estimate of drug-likeness (QED) is 0.586. The van der Waals surface area contributed by atoms with E-state index in [1.54, 1.807) is 17.9 Å². The standard InChI is InChI=1S/C10H13ClN2O2/c1-4-15-10(14)7-6-12-9(11)5-8(7)13(2)3/h5-6H,4H2,1-3H3. The number of nitrogens with zero attached hydrogens (tertiary/aromatic N) is 2. The molecular formula is C10H13ClN2O2. The molecule has 0 spiro atoms. The van der Waals surface area contributed by atoms with E-state index in [1.807, 2.05) is 14.1 Å². The van der Waals surface area contributed by atoms with E-state index in [1.165, 1.54) is 6.20 Å². The third kappa shape index (κ3) is 2.83. The van der Waals surface area contributed by atoms with Crippen molar-refractivity contribution in [3.8, 4) is 0 Å². The predicted octanol–water partition coefficient (Wildman–Crippen LogP) is 1.98. The summed E-state index contributed by atoms with van der Waals surface area (Å²) in [5.74, 6) is -0.384. The number of carbonyl (C=O) groups excluding carboxylic acids is 1. The Labute approximate surface area is 93.8 Å². The first-order valence-electron chi connectivity index (χ1n) is 4.56. The minimum Gasteiger partial charge on any atom is -0.462 e. The monoisotopic (exact) mass is 228 g/mol. The minimum absolute atomic E-state index is 0.342. The zero-order valence-electron chi connectivity index (χ0n) is 8.95. The molecule has 0 N–H and O–H groups in total. The second-order valence-electron chi connectivity index (χ2n) is 3.14. The molecule has 1 heterocycles. The van der Waals surface area contributed by atoms with Crippen LogP contribution in [0.1, 0.15) is 17.3 Å². The Kier molecular flexibility index (Phi) is 3.91. The first-order valence-corrected chi connectivity index (χ1v) is 4.94. The lowest BCUT2D eigenvalue weighted by atomic mass is 10.2. The molecule has 0 atom stereocenters. The third-order valence-corrected chi connectivity index (χ3v) is 2.03. The summed E-state index contributed by atoms with van der Waals surface area (Å²) in [6.45, 7) is 2.10. The van der Waals surface area contributed by atoms with E-state index in [9.17, 15) is 4.79 Å². The van der Waals surface area contributed by atoms with Gasteiger partial charge in [0.2, 0.25) is 0 Å². The molecule has 0 unspecified atom stereocenters. The van der Waals surface area contributed by atoms with Crippen LogP contribution in [0.25, 0.3) is 0 Å². The van der Waals surface area contributed by atoms with Crippen molar-refractivity contribution in [2.24, 2.45) is 0 Å². The van der Waals surface area contributed by atoms with Gasteiger partial charge < -0.3 is 9.64 Å². The average molecular weight is 229 g/mol. The first-order chi connectivity index (χ1) is 7.06. The fourth-order valence-corrected chi connectivity index (χ4v) is 1.31. The third-order valence-electron chi connectivity index (χ3n) is 1.83. The smallest absolute Gasteiger partial charge is 0.341 e. The van der Waals surface area contributed by atoms with Crippen molar-refractivity contribution in [2.45, 2.75) is 6.92 Å². The Morgan fingerprint density at radius 1 is 1.60 bits per heavy atom. The lowest BCUT2D eigenvalue weighted by molar-refractivity contribution is 0.0526. The topological polar surface area (TPSA) is 42.4 Å². The summed E-state index contributed by atoms with van der Waals surface area (Å²) in [7, 11) is 3.66. The number of esters is 1. The number of pyridine rings is 1. The lowest BCUT2D eigenvalue weighted by Crippen LogP contribution is -2.16. The molecule has 0 aliphatic heterocycles. The van der Waals surface area contributed by atoms with Gasteiger partial charge in [-0.1, -0.05) is 11.6 Å². The van der Waals surface area contributed by atoms with Gasteiger partial charge >= 0.3 is 5.97 Å². The highest BCUT2D eigenvalue weighted by atomic mass is 35.5. The summed E-state index contributed by atoms with van der Waals surface area (Å²) in [5.41, 5.74) is 1.12. The first kappa shape index (κ1) is 11.8. The molecule has 0 saturated carbocycles. The number of rotatable bonds is 3. The predicted molar refractivity (Wildman–Crippen MR) is 59.5 cm³/mol. The van der Waals surface area contributed by atoms with Gasteiger partial charge in [-0.15, -0.1) is 0 Å². The minimum atomic E-state index is -0.384. The highest BCUT2D eigenvalue weighted by Crippen LogP contribution is 2.21. The number of halogens is 1. The van der Waals surface area contributed by atoms with E-state index < -0.39 is 0 Å². The maximum absolute atomic E-state index is 11.5. The summed E-state index contributed by atoms with van der Waals surface area (Å²) >= 11 is 5.75. The van der Waals surface area contributed by atoms with Crippen molar-refractivity contribution < 1.29 is 9.53 Å². The molecule has 1 rings (SSSR count). The Morgan fingerprint density at radius 3 is 2.80 bits per heavy atom. The van der Waals surface area contributed by atoms with Crippen LogP contribution in [-0.4, -0.2) is 31.7 Å². The van der Waals surface area contributed by atoms with Crippen LogP contribution in [0.2, 0.25) is 5.15 Å². The van der Waals surface area contributed by atoms with Crippen LogP contribution >= 0.6 is 11.6 Å². The average Bonchev–Trinajstić information content (AvgIpc) is 2.17. The van der Waals surface area contributed by atoms with Gasteiger partial charge in [0.05, 0.1) is 12.3 Å². The normalized spacial score (nSPS) is 9.87. The number of carbonyl (C=O) groups is 1. The Hall–Kier alpha value is -1.29. The number of aromatic nitrogens is 1. The summed E-state index contributed by atoms with van der Waals surface area (Å²) in [6.07, 6.45) is 1.43. The van der Waals surface area contributed by atoms with Crippen LogP contribution in [0.5, 0.6) is 0 Å².